The molecule has 0 bridgehead atoms. The molecule has 2 rings (SSSR count). The number of nitrogens with zero attached hydrogens (tertiary/aromatic N) is 3. The first-order valence-corrected chi connectivity index (χ1v) is 8.01. The molecule has 0 radical (unpaired) electrons. The van der Waals surface area contributed by atoms with E-state index >= 15 is 0 Å². The van der Waals surface area contributed by atoms with Gasteiger partial charge < -0.3 is 5.32 Å². The van der Waals surface area contributed by atoms with Gasteiger partial charge in [-0.1, -0.05) is 6.92 Å². The van der Waals surface area contributed by atoms with Crippen molar-refractivity contribution in [2.24, 2.45) is 7.05 Å². The summed E-state index contributed by atoms with van der Waals surface area (Å²) in [5, 5.41) is 7.85. The summed E-state index contributed by atoms with van der Waals surface area (Å²) in [7, 11) is 4.14. The van der Waals surface area contributed by atoms with Gasteiger partial charge in [-0.3, -0.25) is 9.58 Å². The highest BCUT2D eigenvalue weighted by Gasteiger charge is 2.38. The van der Waals surface area contributed by atoms with Crippen LogP contribution in [0.25, 0.3) is 0 Å². The molecule has 1 aliphatic heterocycles. The molecular weight excluding hydrogens is 248 g/mol. The molecule has 2 atom stereocenters. The second-order valence-corrected chi connectivity index (χ2v) is 6.23. The van der Waals surface area contributed by atoms with Crippen LogP contribution < -0.4 is 5.32 Å². The molecule has 4 nitrogen and oxygen atoms in total. The highest BCUT2D eigenvalue weighted by molar-refractivity contribution is 5.03. The molecule has 2 unspecified atom stereocenters. The Morgan fingerprint density at radius 1 is 1.40 bits per heavy atom. The lowest BCUT2D eigenvalue weighted by molar-refractivity contribution is 0.0835. The van der Waals surface area contributed by atoms with E-state index in [4.69, 9.17) is 0 Å². The summed E-state index contributed by atoms with van der Waals surface area (Å²) >= 11 is 0. The smallest absolute Gasteiger partial charge is 0.0492 e. The van der Waals surface area contributed by atoms with Crippen molar-refractivity contribution >= 4 is 0 Å². The SMILES string of the molecule is CCC(C)(C(CCc1ccnn1C)NC)N1CCCC1. The Morgan fingerprint density at radius 2 is 2.10 bits per heavy atom. The molecule has 1 N–H and O–H groups in total. The average molecular weight is 278 g/mol. The molecule has 0 spiro atoms. The average Bonchev–Trinajstić information content (AvgIpc) is 3.11. The van der Waals surface area contributed by atoms with Crippen LogP contribution in [0.15, 0.2) is 12.3 Å². The summed E-state index contributed by atoms with van der Waals surface area (Å²) in [4.78, 5) is 2.69. The second kappa shape index (κ2) is 6.72. The van der Waals surface area contributed by atoms with Gasteiger partial charge in [0, 0.05) is 30.5 Å². The van der Waals surface area contributed by atoms with Gasteiger partial charge in [-0.2, -0.15) is 5.10 Å². The van der Waals surface area contributed by atoms with E-state index in [1.54, 1.807) is 0 Å². The van der Waals surface area contributed by atoms with Crippen LogP contribution in [0.4, 0.5) is 0 Å². The van der Waals surface area contributed by atoms with Gasteiger partial charge >= 0.3 is 0 Å². The maximum Gasteiger partial charge on any atom is 0.0492 e. The predicted octanol–water partition coefficient (Wildman–Crippen LogP) is 2.21. The Kier molecular flexibility index (Phi) is 5.22. The molecule has 0 aliphatic carbocycles. The van der Waals surface area contributed by atoms with Gasteiger partial charge in [0.1, 0.15) is 0 Å². The van der Waals surface area contributed by atoms with E-state index in [9.17, 15) is 0 Å². The van der Waals surface area contributed by atoms with Gasteiger partial charge in [0.15, 0.2) is 0 Å². The van der Waals surface area contributed by atoms with Crippen LogP contribution in [-0.4, -0.2) is 46.4 Å². The summed E-state index contributed by atoms with van der Waals surface area (Å²) in [6.45, 7) is 7.28. The molecule has 0 aromatic carbocycles. The lowest BCUT2D eigenvalue weighted by Gasteiger charge is -2.44. The van der Waals surface area contributed by atoms with Crippen LogP contribution in [0.1, 0.15) is 45.2 Å². The Labute approximate surface area is 123 Å². The number of nitrogens with one attached hydrogen (secondary N) is 1. The lowest BCUT2D eigenvalue weighted by Crippen LogP contribution is -2.57. The zero-order chi connectivity index (χ0) is 14.6. The molecule has 1 fully saturated rings. The standard InChI is InChI=1S/C16H30N4/c1-5-16(2,20-12-6-7-13-20)15(17-3)9-8-14-10-11-18-19(14)4/h10-11,15,17H,5-9,12-13H2,1-4H3. The number of aryl methyl sites for hydroxylation is 2. The van der Waals surface area contributed by atoms with Crippen LogP contribution >= 0.6 is 0 Å². The molecule has 1 aliphatic rings. The Bertz CT molecular complexity index is 408. The molecular formula is C16H30N4. The Morgan fingerprint density at radius 3 is 2.60 bits per heavy atom. The normalized spacial score (nSPS) is 21.0. The largest absolute Gasteiger partial charge is 0.315 e. The third kappa shape index (κ3) is 3.07. The quantitative estimate of drug-likeness (QED) is 0.830. The number of likely N-dealkylation sites (tertiary alicyclic amines) is 1. The fourth-order valence-electron chi connectivity index (χ4n) is 3.62. The molecule has 114 valence electrons. The lowest BCUT2D eigenvalue weighted by atomic mass is 9.84. The van der Waals surface area contributed by atoms with Crippen LogP contribution in [0, 0.1) is 0 Å². The van der Waals surface area contributed by atoms with E-state index in [-0.39, 0.29) is 5.54 Å². The predicted molar refractivity (Wildman–Crippen MR) is 83.9 cm³/mol. The van der Waals surface area contributed by atoms with Crippen molar-refractivity contribution in [1.82, 2.24) is 20.0 Å². The van der Waals surface area contributed by atoms with E-state index in [0.29, 0.717) is 6.04 Å². The van der Waals surface area contributed by atoms with Gasteiger partial charge in [-0.25, -0.2) is 0 Å². The van der Waals surface area contributed by atoms with Crippen LogP contribution in [0.3, 0.4) is 0 Å². The highest BCUT2D eigenvalue weighted by Crippen LogP contribution is 2.29. The van der Waals surface area contributed by atoms with Crippen LogP contribution in [-0.2, 0) is 13.5 Å². The van der Waals surface area contributed by atoms with Crippen molar-refractivity contribution in [1.29, 1.82) is 0 Å². The minimum absolute atomic E-state index is 0.268. The second-order valence-electron chi connectivity index (χ2n) is 6.23. The topological polar surface area (TPSA) is 33.1 Å². The van der Waals surface area contributed by atoms with Crippen molar-refractivity contribution in [3.8, 4) is 0 Å². The summed E-state index contributed by atoms with van der Waals surface area (Å²) in [6, 6.07) is 2.66. The van der Waals surface area contributed by atoms with E-state index in [1.807, 2.05) is 17.9 Å². The van der Waals surface area contributed by atoms with Gasteiger partial charge in [-0.05, 0) is 65.2 Å². The third-order valence-electron chi connectivity index (χ3n) is 5.26. The molecule has 4 heteroatoms. The van der Waals surface area contributed by atoms with Gasteiger partial charge in [-0.15, -0.1) is 0 Å². The first kappa shape index (κ1) is 15.5. The molecule has 2 heterocycles. The number of hydrogen-bond acceptors (Lipinski definition) is 3. The number of likely N-dealkylation sites (N-methyl/N-ethyl adjacent to an activating group) is 1. The van der Waals surface area contributed by atoms with E-state index in [2.05, 4.69) is 42.3 Å². The Hall–Kier alpha value is -0.870. The fourth-order valence-corrected chi connectivity index (χ4v) is 3.62. The monoisotopic (exact) mass is 278 g/mol. The first-order valence-electron chi connectivity index (χ1n) is 8.01. The molecule has 0 amide bonds. The minimum Gasteiger partial charge on any atom is -0.315 e. The van der Waals surface area contributed by atoms with Crippen molar-refractivity contribution in [3.05, 3.63) is 18.0 Å². The zero-order valence-corrected chi connectivity index (χ0v) is 13.5. The Balaban J connectivity index is 2.03. The van der Waals surface area contributed by atoms with Gasteiger partial charge in [0.05, 0.1) is 0 Å². The van der Waals surface area contributed by atoms with Crippen molar-refractivity contribution < 1.29 is 0 Å². The third-order valence-corrected chi connectivity index (χ3v) is 5.26. The summed E-state index contributed by atoms with van der Waals surface area (Å²) in [5.74, 6) is 0. The minimum atomic E-state index is 0.268. The van der Waals surface area contributed by atoms with Crippen LogP contribution in [0.2, 0.25) is 0 Å². The molecule has 0 saturated carbocycles. The zero-order valence-electron chi connectivity index (χ0n) is 13.5. The number of aromatic nitrogens is 2. The molecule has 1 aromatic heterocycles. The first-order chi connectivity index (χ1) is 9.61. The maximum atomic E-state index is 4.27. The highest BCUT2D eigenvalue weighted by atomic mass is 15.3. The van der Waals surface area contributed by atoms with Crippen molar-refractivity contribution in [2.45, 2.75) is 57.5 Å². The van der Waals surface area contributed by atoms with Gasteiger partial charge in [0.2, 0.25) is 0 Å². The summed E-state index contributed by atoms with van der Waals surface area (Å²) in [6.07, 6.45) is 8.05. The molecule has 1 aromatic rings. The van der Waals surface area contributed by atoms with Crippen molar-refractivity contribution in [2.75, 3.05) is 20.1 Å². The van der Waals surface area contributed by atoms with E-state index in [0.717, 1.165) is 12.8 Å². The summed E-state index contributed by atoms with van der Waals surface area (Å²) < 4.78 is 1.99. The summed E-state index contributed by atoms with van der Waals surface area (Å²) in [5.41, 5.74) is 1.59. The molecule has 1 saturated heterocycles. The molecule has 20 heavy (non-hydrogen) atoms. The maximum absolute atomic E-state index is 4.27. The van der Waals surface area contributed by atoms with Crippen LogP contribution in [0.5, 0.6) is 0 Å². The fraction of sp³-hybridized carbons (Fsp3) is 0.812. The van der Waals surface area contributed by atoms with E-state index < -0.39 is 0 Å². The van der Waals surface area contributed by atoms with Crippen molar-refractivity contribution in [3.63, 3.8) is 0 Å². The number of hydrogen-bond donors (Lipinski definition) is 1. The van der Waals surface area contributed by atoms with Gasteiger partial charge in [0.25, 0.3) is 0 Å². The van der Waals surface area contributed by atoms with E-state index in [1.165, 1.54) is 38.0 Å². The number of rotatable bonds is 7.